The van der Waals surface area contributed by atoms with E-state index in [2.05, 4.69) is 213 Å². The Morgan fingerprint density at radius 3 is 1.69 bits per heavy atom. The van der Waals surface area contributed by atoms with E-state index in [1.54, 1.807) is 6.20 Å². The Kier molecular flexibility index (Phi) is 9.29. The highest BCUT2D eigenvalue weighted by Gasteiger charge is 2.18. The van der Waals surface area contributed by atoms with E-state index in [0.29, 0.717) is 0 Å². The first-order chi connectivity index (χ1) is 29.1. The van der Waals surface area contributed by atoms with Crippen molar-refractivity contribution < 1.29 is 0 Å². The lowest BCUT2D eigenvalue weighted by Gasteiger charge is -2.18. The molecule has 0 amide bonds. The summed E-state index contributed by atoms with van der Waals surface area (Å²) in [5.74, 6) is 0. The molecule has 0 fully saturated rings. The second kappa shape index (κ2) is 15.3. The van der Waals surface area contributed by atoms with Gasteiger partial charge in [0.05, 0.1) is 5.70 Å². The summed E-state index contributed by atoms with van der Waals surface area (Å²) in [5, 5.41) is 9.72. The zero-order chi connectivity index (χ0) is 39.7. The highest BCUT2D eigenvalue weighted by Crippen LogP contribution is 2.44. The minimum atomic E-state index is 0.858. The second-order valence-corrected chi connectivity index (χ2v) is 15.1. The molecule has 1 aromatic heterocycles. The fraction of sp³-hybridized carbons (Fsp3) is 0.0175. The number of nitrogens with zero attached hydrogens (tertiary/aromatic N) is 2. The summed E-state index contributed by atoms with van der Waals surface area (Å²) in [5.41, 5.74) is 12.8. The first kappa shape index (κ1) is 35.7. The van der Waals surface area contributed by atoms with E-state index in [9.17, 15) is 0 Å². The van der Waals surface area contributed by atoms with Crippen molar-refractivity contribution in [2.24, 2.45) is 4.99 Å². The van der Waals surface area contributed by atoms with Crippen molar-refractivity contribution in [1.29, 1.82) is 0 Å². The maximum absolute atomic E-state index is 5.46. The van der Waals surface area contributed by atoms with Crippen molar-refractivity contribution in [2.45, 2.75) is 6.92 Å². The van der Waals surface area contributed by atoms with Crippen LogP contribution in [0.2, 0.25) is 0 Å². The van der Waals surface area contributed by atoms with Crippen LogP contribution in [0.4, 0.5) is 0 Å². The van der Waals surface area contributed by atoms with Crippen LogP contribution in [0.15, 0.2) is 224 Å². The maximum Gasteiger partial charge on any atom is 0.0717 e. The Morgan fingerprint density at radius 2 is 1.00 bits per heavy atom. The van der Waals surface area contributed by atoms with E-state index in [1.807, 2.05) is 12.3 Å². The lowest BCUT2D eigenvalue weighted by atomic mass is 9.85. The number of hydrogen-bond acceptors (Lipinski definition) is 2. The van der Waals surface area contributed by atoms with Crippen molar-refractivity contribution >= 4 is 60.1 Å². The van der Waals surface area contributed by atoms with Crippen LogP contribution in [0.3, 0.4) is 0 Å². The van der Waals surface area contributed by atoms with Crippen LogP contribution in [0.1, 0.15) is 23.6 Å². The zero-order valence-electron chi connectivity index (χ0n) is 32.8. The summed E-state index contributed by atoms with van der Waals surface area (Å²) in [6.07, 6.45) is 5.82. The van der Waals surface area contributed by atoms with Gasteiger partial charge in [0.2, 0.25) is 0 Å². The molecule has 9 aromatic carbocycles. The van der Waals surface area contributed by atoms with Gasteiger partial charge in [-0.1, -0.05) is 176 Å². The fourth-order valence-electron chi connectivity index (χ4n) is 8.54. The van der Waals surface area contributed by atoms with Crippen LogP contribution in [-0.2, 0) is 0 Å². The lowest BCUT2D eigenvalue weighted by Crippen LogP contribution is -1.98. The number of fused-ring (bicyclic) bond motifs is 4. The van der Waals surface area contributed by atoms with Crippen LogP contribution >= 0.6 is 0 Å². The molecule has 2 nitrogen and oxygen atoms in total. The van der Waals surface area contributed by atoms with Crippen molar-refractivity contribution in [3.63, 3.8) is 0 Å². The lowest BCUT2D eigenvalue weighted by molar-refractivity contribution is 1.33. The molecule has 0 spiro atoms. The first-order valence-electron chi connectivity index (χ1n) is 20.1. The molecule has 0 atom stereocenters. The number of aliphatic imine (C=N–C) groups is 1. The predicted molar refractivity (Wildman–Crippen MR) is 253 cm³/mol. The van der Waals surface area contributed by atoms with Gasteiger partial charge in [-0.3, -0.25) is 9.98 Å². The van der Waals surface area contributed by atoms with E-state index in [4.69, 9.17) is 4.99 Å². The van der Waals surface area contributed by atoms with E-state index in [-0.39, 0.29) is 0 Å². The second-order valence-electron chi connectivity index (χ2n) is 15.1. The smallest absolute Gasteiger partial charge is 0.0717 e. The molecule has 0 saturated carbocycles. The quantitative estimate of drug-likeness (QED) is 0.0862. The van der Waals surface area contributed by atoms with Gasteiger partial charge >= 0.3 is 0 Å². The molecule has 0 aliphatic heterocycles. The van der Waals surface area contributed by atoms with Crippen LogP contribution < -0.4 is 0 Å². The number of aromatic nitrogens is 1. The molecule has 10 aromatic rings. The molecule has 0 radical (unpaired) electrons. The number of pyridine rings is 1. The van der Waals surface area contributed by atoms with Crippen molar-refractivity contribution in [3.8, 4) is 33.4 Å². The summed E-state index contributed by atoms with van der Waals surface area (Å²) in [6.45, 7) is 6.69. The van der Waals surface area contributed by atoms with Gasteiger partial charge in [-0.2, -0.15) is 0 Å². The molecule has 0 saturated heterocycles. The fourth-order valence-corrected chi connectivity index (χ4v) is 8.54. The number of benzene rings is 9. The van der Waals surface area contributed by atoms with E-state index in [0.717, 1.165) is 55.7 Å². The summed E-state index contributed by atoms with van der Waals surface area (Å²) in [6, 6.07) is 69.5. The third-order valence-corrected chi connectivity index (χ3v) is 11.4. The Labute approximate surface area is 344 Å². The summed E-state index contributed by atoms with van der Waals surface area (Å²) < 4.78 is 0. The average molecular weight is 753 g/mol. The van der Waals surface area contributed by atoms with Crippen LogP contribution in [-0.4, -0.2) is 10.7 Å². The molecule has 2 heteroatoms. The van der Waals surface area contributed by atoms with E-state index in [1.165, 1.54) is 54.4 Å². The van der Waals surface area contributed by atoms with Gasteiger partial charge in [0.15, 0.2) is 0 Å². The Morgan fingerprint density at radius 1 is 0.458 bits per heavy atom. The molecule has 0 bridgehead atoms. The SMILES string of the molecule is C=C(/C=C(\N=C(C)c1cccc(-c2c3ccccc3c(-c3ccc4ccccc4c3)c3ccccc23)c1)c1cccc2ccccc12)c1cccc(-c2cccnc2)c1. The van der Waals surface area contributed by atoms with Crippen molar-refractivity contribution in [1.82, 2.24) is 4.98 Å². The molecule has 0 aliphatic rings. The largest absolute Gasteiger partial charge is 0.264 e. The van der Waals surface area contributed by atoms with Gasteiger partial charge in [0.25, 0.3) is 0 Å². The highest BCUT2D eigenvalue weighted by atomic mass is 14.8. The topological polar surface area (TPSA) is 25.2 Å². The molecular formula is C57H40N2. The number of hydrogen-bond donors (Lipinski definition) is 0. The van der Waals surface area contributed by atoms with Gasteiger partial charge in [0, 0.05) is 29.2 Å². The van der Waals surface area contributed by atoms with Crippen LogP contribution in [0.5, 0.6) is 0 Å². The van der Waals surface area contributed by atoms with Crippen molar-refractivity contribution in [2.75, 3.05) is 0 Å². The summed E-state index contributed by atoms with van der Waals surface area (Å²) in [4.78, 5) is 9.80. The number of rotatable bonds is 8. The molecule has 59 heavy (non-hydrogen) atoms. The summed E-state index contributed by atoms with van der Waals surface area (Å²) >= 11 is 0. The molecule has 10 rings (SSSR count). The average Bonchev–Trinajstić information content (AvgIpc) is 3.30. The standard InChI is InChI=1S/C57H40N2/c1-38(42-19-11-21-45(34-42)48-23-14-32-58-37-48)33-55(50-29-13-18-41-16-5-6-24-49(41)50)59-39(2)43-20-12-22-46(35-43)56-51-25-7-9-27-53(51)57(54-28-10-8-26-52(54)56)47-31-30-40-15-3-4-17-44(40)36-47/h3-37H,1H2,2H3/b55-33-,59-39?. The van der Waals surface area contributed by atoms with Gasteiger partial charge in [-0.05, 0) is 125 Å². The third kappa shape index (κ3) is 6.81. The summed E-state index contributed by atoms with van der Waals surface area (Å²) in [7, 11) is 0. The Bertz CT molecular complexity index is 3230. The Balaban J connectivity index is 1.11. The van der Waals surface area contributed by atoms with Crippen LogP contribution in [0.25, 0.3) is 87.7 Å². The number of allylic oxidation sites excluding steroid dienone is 2. The molecule has 1 heterocycles. The Hall–Kier alpha value is -7.68. The normalized spacial score (nSPS) is 12.1. The minimum absolute atomic E-state index is 0.858. The zero-order valence-corrected chi connectivity index (χ0v) is 32.8. The molecule has 0 aliphatic carbocycles. The molecule has 0 N–H and O–H groups in total. The monoisotopic (exact) mass is 752 g/mol. The van der Waals surface area contributed by atoms with Gasteiger partial charge < -0.3 is 0 Å². The minimum Gasteiger partial charge on any atom is -0.264 e. The van der Waals surface area contributed by atoms with Crippen molar-refractivity contribution in [3.05, 3.63) is 236 Å². The maximum atomic E-state index is 5.46. The van der Waals surface area contributed by atoms with Crippen LogP contribution in [0, 0.1) is 0 Å². The van der Waals surface area contributed by atoms with Gasteiger partial charge in [-0.25, -0.2) is 0 Å². The third-order valence-electron chi connectivity index (χ3n) is 11.4. The molecule has 278 valence electrons. The van der Waals surface area contributed by atoms with Gasteiger partial charge in [0.1, 0.15) is 0 Å². The van der Waals surface area contributed by atoms with Gasteiger partial charge in [-0.15, -0.1) is 0 Å². The molecule has 0 unspecified atom stereocenters. The van der Waals surface area contributed by atoms with E-state index >= 15 is 0 Å². The first-order valence-corrected chi connectivity index (χ1v) is 20.1. The molecular weight excluding hydrogens is 713 g/mol. The highest BCUT2D eigenvalue weighted by molar-refractivity contribution is 6.22. The predicted octanol–water partition coefficient (Wildman–Crippen LogP) is 15.3. The van der Waals surface area contributed by atoms with E-state index < -0.39 is 0 Å².